The highest BCUT2D eigenvalue weighted by atomic mass is 19.4. The van der Waals surface area contributed by atoms with Crippen LogP contribution in [-0.4, -0.2) is 19.3 Å². The summed E-state index contributed by atoms with van der Waals surface area (Å²) in [4.78, 5) is 15.9. The minimum atomic E-state index is -4.44. The van der Waals surface area contributed by atoms with Gasteiger partial charge in [-0.15, -0.1) is 0 Å². The van der Waals surface area contributed by atoms with Crippen molar-refractivity contribution in [3.63, 3.8) is 0 Å². The molecule has 3 aromatic rings. The van der Waals surface area contributed by atoms with Crippen LogP contribution in [0.2, 0.25) is 0 Å². The average molecular weight is 294 g/mol. The lowest BCUT2D eigenvalue weighted by atomic mass is 10.2. The van der Waals surface area contributed by atoms with Crippen LogP contribution in [0.25, 0.3) is 16.7 Å². The molecule has 0 N–H and O–H groups in total. The molecular formula is C13H9F3N4O. The Morgan fingerprint density at radius 2 is 2.00 bits per heavy atom. The van der Waals surface area contributed by atoms with E-state index in [4.69, 9.17) is 0 Å². The maximum absolute atomic E-state index is 12.7. The van der Waals surface area contributed by atoms with E-state index >= 15 is 0 Å². The highest BCUT2D eigenvalue weighted by Crippen LogP contribution is 2.30. The fourth-order valence-corrected chi connectivity index (χ4v) is 2.00. The third-order valence-electron chi connectivity index (χ3n) is 3.07. The zero-order valence-corrected chi connectivity index (χ0v) is 10.8. The van der Waals surface area contributed by atoms with Crippen molar-refractivity contribution in [2.75, 3.05) is 0 Å². The summed E-state index contributed by atoms with van der Waals surface area (Å²) in [6, 6.07) is 4.70. The summed E-state index contributed by atoms with van der Waals surface area (Å²) in [6.07, 6.45) is -1.84. The molecule has 0 fully saturated rings. The van der Waals surface area contributed by atoms with E-state index in [1.54, 1.807) is 0 Å². The highest BCUT2D eigenvalue weighted by Gasteiger charge is 2.30. The first-order chi connectivity index (χ1) is 9.88. The number of halogens is 3. The second-order valence-electron chi connectivity index (χ2n) is 4.50. The monoisotopic (exact) mass is 294 g/mol. The third kappa shape index (κ3) is 2.18. The zero-order chi connectivity index (χ0) is 15.2. The van der Waals surface area contributed by atoms with Gasteiger partial charge in [-0.05, 0) is 18.2 Å². The minimum absolute atomic E-state index is 0.195. The number of aryl methyl sites for hydroxylation is 1. The average Bonchev–Trinajstić information content (AvgIpc) is 2.87. The Morgan fingerprint density at radius 1 is 1.24 bits per heavy atom. The topological polar surface area (TPSA) is 52.7 Å². The van der Waals surface area contributed by atoms with Crippen LogP contribution in [0.15, 0.2) is 41.6 Å². The van der Waals surface area contributed by atoms with Gasteiger partial charge < -0.3 is 4.57 Å². The van der Waals surface area contributed by atoms with Gasteiger partial charge in [0.25, 0.3) is 5.56 Å². The predicted molar refractivity (Wildman–Crippen MR) is 69.1 cm³/mol. The van der Waals surface area contributed by atoms with Crippen molar-refractivity contribution in [1.29, 1.82) is 0 Å². The van der Waals surface area contributed by atoms with Gasteiger partial charge in [0.2, 0.25) is 0 Å². The van der Waals surface area contributed by atoms with Crippen molar-refractivity contribution in [3.05, 3.63) is 52.7 Å². The minimum Gasteiger partial charge on any atom is -0.302 e. The molecule has 8 heteroatoms. The van der Waals surface area contributed by atoms with Crippen molar-refractivity contribution in [1.82, 2.24) is 19.3 Å². The van der Waals surface area contributed by atoms with Gasteiger partial charge >= 0.3 is 6.18 Å². The second kappa shape index (κ2) is 4.44. The molecule has 0 spiro atoms. The summed E-state index contributed by atoms with van der Waals surface area (Å²) < 4.78 is 40.7. The second-order valence-corrected chi connectivity index (χ2v) is 4.50. The van der Waals surface area contributed by atoms with Crippen LogP contribution in [0.3, 0.4) is 0 Å². The Balaban J connectivity index is 2.22. The molecule has 1 aromatic carbocycles. The first-order valence-corrected chi connectivity index (χ1v) is 5.95. The molecule has 3 rings (SSSR count). The Kier molecular flexibility index (Phi) is 2.82. The standard InChI is InChI=1S/C13H9F3N4O/c1-19-7-17-11-10(12(19)21)6-18-20(11)9-4-2-3-8(5-9)13(14,15)16/h2-7H,1H3. The van der Waals surface area contributed by atoms with E-state index in [1.807, 2.05) is 0 Å². The number of benzene rings is 1. The lowest BCUT2D eigenvalue weighted by Crippen LogP contribution is -2.16. The van der Waals surface area contributed by atoms with Crippen molar-refractivity contribution < 1.29 is 13.2 Å². The molecule has 0 aliphatic heterocycles. The van der Waals surface area contributed by atoms with E-state index in [0.717, 1.165) is 12.1 Å². The number of fused-ring (bicyclic) bond motifs is 1. The Bertz CT molecular complexity index is 879. The van der Waals surface area contributed by atoms with Crippen LogP contribution in [0.1, 0.15) is 5.56 Å². The highest BCUT2D eigenvalue weighted by molar-refractivity contribution is 5.74. The number of alkyl halides is 3. The largest absolute Gasteiger partial charge is 0.416 e. The zero-order valence-electron chi connectivity index (χ0n) is 10.8. The van der Waals surface area contributed by atoms with Crippen molar-refractivity contribution >= 4 is 11.0 Å². The summed E-state index contributed by atoms with van der Waals surface area (Å²) in [5.41, 5.74) is -0.677. The van der Waals surface area contributed by atoms with Crippen LogP contribution in [0.4, 0.5) is 13.2 Å². The first kappa shape index (κ1) is 13.3. The molecule has 0 atom stereocenters. The number of hydrogen-bond donors (Lipinski definition) is 0. The maximum Gasteiger partial charge on any atom is 0.416 e. The maximum atomic E-state index is 12.7. The lowest BCUT2D eigenvalue weighted by molar-refractivity contribution is -0.137. The SMILES string of the molecule is Cn1cnc2c(cnn2-c2cccc(C(F)(F)F)c2)c1=O. The molecule has 0 saturated heterocycles. The summed E-state index contributed by atoms with van der Waals surface area (Å²) in [7, 11) is 1.54. The van der Waals surface area contributed by atoms with Crippen LogP contribution >= 0.6 is 0 Å². The van der Waals surface area contributed by atoms with Crippen molar-refractivity contribution in [3.8, 4) is 5.69 Å². The Hall–Kier alpha value is -2.64. The molecule has 5 nitrogen and oxygen atoms in total. The van der Waals surface area contributed by atoms with Crippen LogP contribution in [0.5, 0.6) is 0 Å². The van der Waals surface area contributed by atoms with E-state index in [2.05, 4.69) is 10.1 Å². The van der Waals surface area contributed by atoms with Gasteiger partial charge in [-0.2, -0.15) is 18.3 Å². The predicted octanol–water partition coefficient (Wildman–Crippen LogP) is 2.14. The third-order valence-corrected chi connectivity index (χ3v) is 3.07. The number of hydrogen-bond acceptors (Lipinski definition) is 3. The van der Waals surface area contributed by atoms with Gasteiger partial charge in [0.15, 0.2) is 5.65 Å². The van der Waals surface area contributed by atoms with Crippen LogP contribution in [0, 0.1) is 0 Å². The van der Waals surface area contributed by atoms with Gasteiger partial charge in [-0.1, -0.05) is 6.07 Å². The summed E-state index contributed by atoms with van der Waals surface area (Å²) in [5, 5.41) is 4.21. The molecule has 0 bridgehead atoms. The van der Waals surface area contributed by atoms with Gasteiger partial charge in [0, 0.05) is 7.05 Å². The van der Waals surface area contributed by atoms with Gasteiger partial charge in [-0.25, -0.2) is 9.67 Å². The van der Waals surface area contributed by atoms with Gasteiger partial charge in [0.05, 0.1) is 23.8 Å². The molecule has 0 amide bonds. The fourth-order valence-electron chi connectivity index (χ4n) is 2.00. The van der Waals surface area contributed by atoms with E-state index in [0.29, 0.717) is 0 Å². The number of nitrogens with zero attached hydrogens (tertiary/aromatic N) is 4. The quantitative estimate of drug-likeness (QED) is 0.691. The molecule has 0 unspecified atom stereocenters. The molecule has 0 aliphatic rings. The van der Waals surface area contributed by atoms with Crippen molar-refractivity contribution in [2.24, 2.45) is 7.05 Å². The molecule has 0 saturated carbocycles. The lowest BCUT2D eigenvalue weighted by Gasteiger charge is -2.09. The molecule has 2 aromatic heterocycles. The number of rotatable bonds is 1. The molecule has 0 radical (unpaired) electrons. The van der Waals surface area contributed by atoms with Gasteiger partial charge in [-0.3, -0.25) is 4.79 Å². The van der Waals surface area contributed by atoms with E-state index in [-0.39, 0.29) is 22.3 Å². The van der Waals surface area contributed by atoms with E-state index in [1.165, 1.54) is 41.0 Å². The Morgan fingerprint density at radius 3 is 2.71 bits per heavy atom. The molecule has 0 aliphatic carbocycles. The Labute approximate surface area is 116 Å². The van der Waals surface area contributed by atoms with E-state index < -0.39 is 11.7 Å². The smallest absolute Gasteiger partial charge is 0.302 e. The van der Waals surface area contributed by atoms with E-state index in [9.17, 15) is 18.0 Å². The summed E-state index contributed by atoms with van der Waals surface area (Å²) in [6.45, 7) is 0. The van der Waals surface area contributed by atoms with Crippen LogP contribution in [-0.2, 0) is 13.2 Å². The van der Waals surface area contributed by atoms with Crippen molar-refractivity contribution in [2.45, 2.75) is 6.18 Å². The van der Waals surface area contributed by atoms with Crippen LogP contribution < -0.4 is 5.56 Å². The molecular weight excluding hydrogens is 285 g/mol. The number of aromatic nitrogens is 4. The molecule has 108 valence electrons. The fraction of sp³-hybridized carbons (Fsp3) is 0.154. The summed E-state index contributed by atoms with van der Waals surface area (Å²) in [5.74, 6) is 0. The van der Waals surface area contributed by atoms with Gasteiger partial charge in [0.1, 0.15) is 5.39 Å². The summed E-state index contributed by atoms with van der Waals surface area (Å²) >= 11 is 0. The normalized spacial score (nSPS) is 12.0. The first-order valence-electron chi connectivity index (χ1n) is 5.95. The molecule has 21 heavy (non-hydrogen) atoms. The molecule has 2 heterocycles.